The van der Waals surface area contributed by atoms with Crippen molar-refractivity contribution in [3.63, 3.8) is 0 Å². The molecule has 0 fully saturated rings. The van der Waals surface area contributed by atoms with Gasteiger partial charge in [0.05, 0.1) is 11.0 Å². The molecule has 0 atom stereocenters. The summed E-state index contributed by atoms with van der Waals surface area (Å²) in [6.45, 7) is 11.1. The van der Waals surface area contributed by atoms with Crippen molar-refractivity contribution < 1.29 is 0 Å². The van der Waals surface area contributed by atoms with Gasteiger partial charge in [-0.3, -0.25) is 9.78 Å². The molecule has 238 valence electrons. The third-order valence-electron chi connectivity index (χ3n) is 9.36. The number of aryl methyl sites for hydroxylation is 3. The molecule has 2 heterocycles. The average Bonchev–Trinajstić information content (AvgIpc) is 3.48. The number of H-pyrrole nitrogens is 2. The molecule has 0 aliphatic heterocycles. The fraction of sp³-hybridized carbons (Fsp3) is 0.227. The molecule has 0 saturated heterocycles. The zero-order valence-corrected chi connectivity index (χ0v) is 28.7. The van der Waals surface area contributed by atoms with Crippen molar-refractivity contribution in [1.29, 1.82) is 0 Å². The number of allylic oxidation sites excluding steroid dienone is 4. The maximum Gasteiger partial charge on any atom is 0.0818 e. The lowest BCUT2D eigenvalue weighted by Gasteiger charge is -2.14. The van der Waals surface area contributed by atoms with Gasteiger partial charge in [-0.2, -0.15) is 0 Å². The Morgan fingerprint density at radius 2 is 1.43 bits per heavy atom. The highest BCUT2D eigenvalue weighted by atomic mass is 15.3. The Morgan fingerprint density at radius 3 is 2.11 bits per heavy atom. The monoisotopic (exact) mass is 617 g/mol. The fourth-order valence-electron chi connectivity index (χ4n) is 6.24. The predicted octanol–water partition coefficient (Wildman–Crippen LogP) is 12.6. The van der Waals surface area contributed by atoms with Gasteiger partial charge in [-0.1, -0.05) is 112 Å². The maximum atomic E-state index is 3.64. The third-order valence-corrected chi connectivity index (χ3v) is 9.36. The molecule has 7 aromatic rings. The molecule has 0 radical (unpaired) electrons. The van der Waals surface area contributed by atoms with Crippen molar-refractivity contribution in [3.8, 4) is 22.3 Å². The van der Waals surface area contributed by atoms with E-state index < -0.39 is 0 Å². The van der Waals surface area contributed by atoms with E-state index in [0.29, 0.717) is 0 Å². The molecule has 2 N–H and O–H groups in total. The fourth-order valence-corrected chi connectivity index (χ4v) is 6.24. The molecule has 1 aliphatic rings. The Kier molecular flexibility index (Phi) is 9.63. The highest BCUT2D eigenvalue weighted by Gasteiger charge is 2.15. The van der Waals surface area contributed by atoms with Gasteiger partial charge >= 0.3 is 0 Å². The van der Waals surface area contributed by atoms with Gasteiger partial charge in [-0.15, -0.1) is 0 Å². The van der Waals surface area contributed by atoms with E-state index in [1.165, 1.54) is 83.8 Å². The molecular formula is C44H47N3. The van der Waals surface area contributed by atoms with E-state index >= 15 is 0 Å². The number of aromatic nitrogens is 3. The summed E-state index contributed by atoms with van der Waals surface area (Å²) in [5, 5.41) is 5.73. The van der Waals surface area contributed by atoms with Gasteiger partial charge in [0, 0.05) is 28.9 Å². The summed E-state index contributed by atoms with van der Waals surface area (Å²) in [5.41, 5.74) is 15.3. The maximum absolute atomic E-state index is 3.64. The zero-order valence-electron chi connectivity index (χ0n) is 28.7. The number of rotatable bonds is 4. The normalized spacial score (nSPS) is 12.6. The van der Waals surface area contributed by atoms with Gasteiger partial charge in [0.1, 0.15) is 0 Å². The summed E-state index contributed by atoms with van der Waals surface area (Å²) in [4.78, 5) is 3.64. The minimum Gasteiger partial charge on any atom is -0.355 e. The van der Waals surface area contributed by atoms with Crippen molar-refractivity contribution in [2.24, 2.45) is 13.0 Å². The van der Waals surface area contributed by atoms with Crippen LogP contribution in [0.25, 0.3) is 60.7 Å². The van der Waals surface area contributed by atoms with Crippen LogP contribution in [0.1, 0.15) is 56.7 Å². The second-order valence-electron chi connectivity index (χ2n) is 13.1. The first kappa shape index (κ1) is 31.9. The minimum atomic E-state index is 0.884. The summed E-state index contributed by atoms with van der Waals surface area (Å²) in [5.74, 6) is 0.884. The minimum absolute atomic E-state index is 0.884. The topological polar surface area (TPSA) is 36.5 Å². The molecule has 0 bridgehead atoms. The van der Waals surface area contributed by atoms with Crippen LogP contribution in [-0.4, -0.2) is 14.8 Å². The van der Waals surface area contributed by atoms with Gasteiger partial charge in [-0.25, -0.2) is 0 Å². The van der Waals surface area contributed by atoms with Crippen molar-refractivity contribution in [2.75, 3.05) is 0 Å². The summed E-state index contributed by atoms with van der Waals surface area (Å²) in [6, 6.07) is 37.0. The van der Waals surface area contributed by atoms with Gasteiger partial charge in [0.15, 0.2) is 0 Å². The molecule has 0 unspecified atom stereocenters. The predicted molar refractivity (Wildman–Crippen MR) is 205 cm³/mol. The van der Waals surface area contributed by atoms with Crippen molar-refractivity contribution >= 4 is 38.4 Å². The average molecular weight is 618 g/mol. The molecule has 3 heteroatoms. The van der Waals surface area contributed by atoms with E-state index in [-0.39, 0.29) is 0 Å². The number of fused-ring (bicyclic) bond motifs is 4. The van der Waals surface area contributed by atoms with Gasteiger partial charge in [-0.05, 0) is 114 Å². The molecule has 0 amide bonds. The van der Waals surface area contributed by atoms with Gasteiger partial charge < -0.3 is 4.98 Å². The standard InChI is InChI=1S/C32H27N.C7H8N2.C5H12/c1-21-13-14-25(23-9-5-3-6-10-23)19-28(21)27-16-18-31-32(22(27)2)29-20-26(15-17-30(29)33-31)24-11-7-4-8-12-24;1-9-7-5-3-2-4-6(7)8-9;1-4-5(2)3/h4-5,7-20,33H,3,6H2,1-2H3;2-5,8H,1H3;5H,4H2,1-3H3. The molecule has 0 saturated carbocycles. The summed E-state index contributed by atoms with van der Waals surface area (Å²) >= 11 is 0. The van der Waals surface area contributed by atoms with Gasteiger partial charge in [0.2, 0.25) is 0 Å². The third kappa shape index (κ3) is 6.90. The molecule has 3 nitrogen and oxygen atoms in total. The zero-order chi connectivity index (χ0) is 32.9. The first-order chi connectivity index (χ1) is 22.8. The van der Waals surface area contributed by atoms with Crippen LogP contribution in [0.5, 0.6) is 0 Å². The Labute approximate surface area is 279 Å². The van der Waals surface area contributed by atoms with E-state index in [2.05, 4.69) is 154 Å². The van der Waals surface area contributed by atoms with Crippen molar-refractivity contribution in [1.82, 2.24) is 14.8 Å². The first-order valence-corrected chi connectivity index (χ1v) is 17.0. The van der Waals surface area contributed by atoms with Crippen molar-refractivity contribution in [3.05, 3.63) is 138 Å². The second-order valence-corrected chi connectivity index (χ2v) is 13.1. The van der Waals surface area contributed by atoms with Crippen molar-refractivity contribution in [2.45, 2.75) is 53.9 Å². The molecule has 8 rings (SSSR count). The van der Waals surface area contributed by atoms with Crippen LogP contribution < -0.4 is 0 Å². The van der Waals surface area contributed by atoms with Crippen LogP contribution in [0.3, 0.4) is 0 Å². The van der Waals surface area contributed by atoms with E-state index in [0.717, 1.165) is 18.8 Å². The van der Waals surface area contributed by atoms with Crippen LogP contribution in [0.2, 0.25) is 0 Å². The molecule has 5 aromatic carbocycles. The number of aromatic amines is 2. The quantitative estimate of drug-likeness (QED) is 0.197. The first-order valence-electron chi connectivity index (χ1n) is 17.0. The van der Waals surface area contributed by atoms with Crippen LogP contribution in [0.4, 0.5) is 0 Å². The lowest BCUT2D eigenvalue weighted by Crippen LogP contribution is -2.03. The Hall–Kier alpha value is -5.02. The SMILES string of the molecule is CCC(C)C.Cc1ccc(C2=CCCC=C2)cc1-c1ccc2[nH]c3ccc(-c4ccccc4)cc3c2c1C.Cn1[nH]c2ccccc21. The van der Waals surface area contributed by atoms with E-state index in [1.54, 1.807) is 0 Å². The number of benzene rings is 5. The highest BCUT2D eigenvalue weighted by Crippen LogP contribution is 2.38. The van der Waals surface area contributed by atoms with Crippen LogP contribution >= 0.6 is 0 Å². The summed E-state index contributed by atoms with van der Waals surface area (Å²) < 4.78 is 2.00. The van der Waals surface area contributed by atoms with Crippen LogP contribution in [-0.2, 0) is 7.05 Å². The van der Waals surface area contributed by atoms with E-state index in [4.69, 9.17) is 0 Å². The Morgan fingerprint density at radius 1 is 0.702 bits per heavy atom. The van der Waals surface area contributed by atoms with E-state index in [1.807, 2.05) is 23.9 Å². The van der Waals surface area contributed by atoms with Gasteiger partial charge in [0.25, 0.3) is 0 Å². The number of hydrogen-bond donors (Lipinski definition) is 2. The van der Waals surface area contributed by atoms with E-state index in [9.17, 15) is 0 Å². The van der Waals surface area contributed by atoms with Crippen LogP contribution in [0.15, 0.2) is 121 Å². The lowest BCUT2D eigenvalue weighted by molar-refractivity contribution is 0.626. The van der Waals surface area contributed by atoms with Crippen LogP contribution in [0, 0.1) is 19.8 Å². The molecule has 47 heavy (non-hydrogen) atoms. The lowest BCUT2D eigenvalue weighted by atomic mass is 9.90. The molecule has 2 aromatic heterocycles. The number of para-hydroxylation sites is 2. The molecule has 0 spiro atoms. The molecule has 1 aliphatic carbocycles. The summed E-state index contributed by atoms with van der Waals surface area (Å²) in [6.07, 6.45) is 10.5. The number of nitrogens with one attached hydrogen (secondary N) is 2. The number of nitrogens with zero attached hydrogens (tertiary/aromatic N) is 1. The Balaban J connectivity index is 0.000000228. The Bertz CT molecular complexity index is 2180. The second kappa shape index (κ2) is 14.2. The summed E-state index contributed by atoms with van der Waals surface area (Å²) in [7, 11) is 2.00. The largest absolute Gasteiger partial charge is 0.355 e. The highest BCUT2D eigenvalue weighted by molar-refractivity contribution is 6.12. The molecular weight excluding hydrogens is 571 g/mol. The smallest absolute Gasteiger partial charge is 0.0818 e. The number of hydrogen-bond acceptors (Lipinski definition) is 0.